The second kappa shape index (κ2) is 7.79. The molecule has 1 aliphatic rings. The van der Waals surface area contributed by atoms with Crippen LogP contribution in [0.15, 0.2) is 46.5 Å². The molecule has 2 aromatic heterocycles. The molecule has 3 heterocycles. The first kappa shape index (κ1) is 19.3. The van der Waals surface area contributed by atoms with Crippen LogP contribution < -0.4 is 16.1 Å². The van der Waals surface area contributed by atoms with Crippen molar-refractivity contribution in [2.75, 3.05) is 31.1 Å². The lowest BCUT2D eigenvalue weighted by atomic mass is 10.2. The minimum Gasteiger partial charge on any atom is -0.369 e. The standard InChI is InChI=1S/C21H26N6O2/c1-15(2)27-14-23-19-10-17(4-5-18(19)20(27)28)26-8-6-25(7-9-26)13-16-11-22-21(29)24(3)12-16/h4-5,10-12,14-15H,6-9,13H2,1-3H3. The van der Waals surface area contributed by atoms with Gasteiger partial charge in [0.05, 0.1) is 17.2 Å². The zero-order chi connectivity index (χ0) is 20.5. The van der Waals surface area contributed by atoms with Crippen molar-refractivity contribution in [2.45, 2.75) is 26.4 Å². The van der Waals surface area contributed by atoms with Gasteiger partial charge in [0.15, 0.2) is 0 Å². The number of fused-ring (bicyclic) bond motifs is 1. The van der Waals surface area contributed by atoms with Crippen LogP contribution >= 0.6 is 0 Å². The molecule has 152 valence electrons. The van der Waals surface area contributed by atoms with Crippen molar-refractivity contribution >= 4 is 16.6 Å². The SMILES string of the molecule is CC(C)n1cnc2cc(N3CCN(Cc4cnc(=O)n(C)c4)CC3)ccc2c1=O. The third-order valence-corrected chi connectivity index (χ3v) is 5.47. The van der Waals surface area contributed by atoms with Crippen LogP contribution in [0.1, 0.15) is 25.5 Å². The second-order valence-electron chi connectivity index (χ2n) is 7.87. The highest BCUT2D eigenvalue weighted by Crippen LogP contribution is 2.21. The van der Waals surface area contributed by atoms with E-state index in [4.69, 9.17) is 0 Å². The normalized spacial score (nSPS) is 15.4. The van der Waals surface area contributed by atoms with E-state index in [2.05, 4.69) is 19.8 Å². The van der Waals surface area contributed by atoms with Crippen molar-refractivity contribution in [1.29, 1.82) is 0 Å². The Balaban J connectivity index is 1.46. The first-order valence-electron chi connectivity index (χ1n) is 9.92. The van der Waals surface area contributed by atoms with Gasteiger partial charge >= 0.3 is 5.69 Å². The molecular formula is C21H26N6O2. The van der Waals surface area contributed by atoms with Gasteiger partial charge < -0.3 is 9.47 Å². The molecule has 0 saturated carbocycles. The van der Waals surface area contributed by atoms with E-state index < -0.39 is 0 Å². The molecule has 3 aromatic rings. The summed E-state index contributed by atoms with van der Waals surface area (Å²) < 4.78 is 3.18. The Morgan fingerprint density at radius 1 is 1.07 bits per heavy atom. The third kappa shape index (κ3) is 3.93. The van der Waals surface area contributed by atoms with Crippen LogP contribution in [0.5, 0.6) is 0 Å². The number of nitrogens with zero attached hydrogens (tertiary/aromatic N) is 6. The molecule has 0 N–H and O–H groups in total. The Labute approximate surface area is 169 Å². The average Bonchev–Trinajstić information content (AvgIpc) is 2.71. The summed E-state index contributed by atoms with van der Waals surface area (Å²) in [6.07, 6.45) is 5.15. The molecule has 8 nitrogen and oxygen atoms in total. The van der Waals surface area contributed by atoms with Crippen LogP contribution in [0.25, 0.3) is 10.9 Å². The number of aryl methyl sites for hydroxylation is 1. The number of benzene rings is 1. The van der Waals surface area contributed by atoms with Gasteiger partial charge in [0.2, 0.25) is 0 Å². The lowest BCUT2D eigenvalue weighted by molar-refractivity contribution is 0.249. The third-order valence-electron chi connectivity index (χ3n) is 5.47. The van der Waals surface area contributed by atoms with Gasteiger partial charge in [-0.1, -0.05) is 0 Å². The molecule has 1 aromatic carbocycles. The molecule has 1 saturated heterocycles. The Morgan fingerprint density at radius 3 is 2.52 bits per heavy atom. The fourth-order valence-corrected chi connectivity index (χ4v) is 3.76. The molecular weight excluding hydrogens is 368 g/mol. The summed E-state index contributed by atoms with van der Waals surface area (Å²) in [7, 11) is 1.72. The first-order valence-corrected chi connectivity index (χ1v) is 9.92. The minimum atomic E-state index is -0.233. The van der Waals surface area contributed by atoms with Gasteiger partial charge in [0.25, 0.3) is 5.56 Å². The van der Waals surface area contributed by atoms with E-state index in [0.717, 1.165) is 49.5 Å². The van der Waals surface area contributed by atoms with Crippen molar-refractivity contribution in [1.82, 2.24) is 24.0 Å². The van der Waals surface area contributed by atoms with E-state index in [0.29, 0.717) is 5.39 Å². The molecule has 0 amide bonds. The van der Waals surface area contributed by atoms with Crippen molar-refractivity contribution in [3.63, 3.8) is 0 Å². The molecule has 8 heteroatoms. The molecule has 1 aliphatic heterocycles. The van der Waals surface area contributed by atoms with E-state index in [9.17, 15) is 9.59 Å². The van der Waals surface area contributed by atoms with Gasteiger partial charge in [-0.3, -0.25) is 14.3 Å². The molecule has 0 spiro atoms. The highest BCUT2D eigenvalue weighted by Gasteiger charge is 2.18. The Kier molecular flexibility index (Phi) is 5.19. The maximum atomic E-state index is 12.6. The fourth-order valence-electron chi connectivity index (χ4n) is 3.76. The van der Waals surface area contributed by atoms with E-state index in [-0.39, 0.29) is 17.3 Å². The molecule has 1 fully saturated rings. The molecule has 0 unspecified atom stereocenters. The molecule has 0 atom stereocenters. The van der Waals surface area contributed by atoms with E-state index >= 15 is 0 Å². The molecule has 0 bridgehead atoms. The summed E-state index contributed by atoms with van der Waals surface area (Å²) in [5.74, 6) is 0. The van der Waals surface area contributed by atoms with Crippen LogP contribution in [-0.4, -0.2) is 50.2 Å². The van der Waals surface area contributed by atoms with Crippen LogP contribution in [0, 0.1) is 0 Å². The van der Waals surface area contributed by atoms with Crippen molar-refractivity contribution in [3.8, 4) is 0 Å². The maximum absolute atomic E-state index is 12.6. The van der Waals surface area contributed by atoms with Gasteiger partial charge in [0, 0.05) is 69.5 Å². The van der Waals surface area contributed by atoms with Crippen LogP contribution in [0.2, 0.25) is 0 Å². The summed E-state index contributed by atoms with van der Waals surface area (Å²) in [6, 6.07) is 6.01. The molecule has 29 heavy (non-hydrogen) atoms. The summed E-state index contributed by atoms with van der Waals surface area (Å²) >= 11 is 0. The number of piperazine rings is 1. The van der Waals surface area contributed by atoms with Gasteiger partial charge in [-0.2, -0.15) is 0 Å². The zero-order valence-electron chi connectivity index (χ0n) is 17.1. The van der Waals surface area contributed by atoms with Crippen molar-refractivity contribution in [2.24, 2.45) is 7.05 Å². The number of anilines is 1. The Bertz CT molecular complexity index is 1140. The average molecular weight is 394 g/mol. The van der Waals surface area contributed by atoms with Gasteiger partial charge in [-0.05, 0) is 32.0 Å². The first-order chi connectivity index (χ1) is 13.9. The molecule has 4 rings (SSSR count). The maximum Gasteiger partial charge on any atom is 0.347 e. The van der Waals surface area contributed by atoms with E-state index in [1.807, 2.05) is 38.2 Å². The topological polar surface area (TPSA) is 76.3 Å². The lowest BCUT2D eigenvalue weighted by Crippen LogP contribution is -2.46. The summed E-state index contributed by atoms with van der Waals surface area (Å²) in [4.78, 5) is 37.1. The predicted molar refractivity (Wildman–Crippen MR) is 113 cm³/mol. The second-order valence-corrected chi connectivity index (χ2v) is 7.87. The summed E-state index contributed by atoms with van der Waals surface area (Å²) in [5.41, 5.74) is 2.64. The van der Waals surface area contributed by atoms with Crippen LogP contribution in [0.4, 0.5) is 5.69 Å². The minimum absolute atomic E-state index is 0.00670. The number of aromatic nitrogens is 4. The largest absolute Gasteiger partial charge is 0.369 e. The summed E-state index contributed by atoms with van der Waals surface area (Å²) in [6.45, 7) is 8.37. The Hall–Kier alpha value is -3.00. The van der Waals surface area contributed by atoms with Crippen molar-refractivity contribution in [3.05, 3.63) is 63.3 Å². The van der Waals surface area contributed by atoms with Crippen LogP contribution in [-0.2, 0) is 13.6 Å². The van der Waals surface area contributed by atoms with Gasteiger partial charge in [0.1, 0.15) is 0 Å². The fraction of sp³-hybridized carbons (Fsp3) is 0.429. The number of hydrogen-bond donors (Lipinski definition) is 0. The van der Waals surface area contributed by atoms with E-state index in [1.54, 1.807) is 24.1 Å². The zero-order valence-corrected chi connectivity index (χ0v) is 17.1. The van der Waals surface area contributed by atoms with E-state index in [1.165, 1.54) is 4.57 Å². The van der Waals surface area contributed by atoms with Crippen molar-refractivity contribution < 1.29 is 0 Å². The smallest absolute Gasteiger partial charge is 0.347 e. The highest BCUT2D eigenvalue weighted by atomic mass is 16.1. The predicted octanol–water partition coefficient (Wildman–Crippen LogP) is 1.39. The molecule has 0 radical (unpaired) electrons. The molecule has 0 aliphatic carbocycles. The lowest BCUT2D eigenvalue weighted by Gasteiger charge is -2.36. The number of hydrogen-bond acceptors (Lipinski definition) is 6. The van der Waals surface area contributed by atoms with Gasteiger partial charge in [-0.15, -0.1) is 0 Å². The summed E-state index contributed by atoms with van der Waals surface area (Å²) in [5, 5.41) is 0.658. The monoisotopic (exact) mass is 394 g/mol. The van der Waals surface area contributed by atoms with Crippen LogP contribution in [0.3, 0.4) is 0 Å². The highest BCUT2D eigenvalue weighted by molar-refractivity contribution is 5.81. The van der Waals surface area contributed by atoms with Gasteiger partial charge in [-0.25, -0.2) is 14.8 Å². The Morgan fingerprint density at radius 2 is 1.83 bits per heavy atom. The quantitative estimate of drug-likeness (QED) is 0.666. The number of rotatable bonds is 4.